The minimum Gasteiger partial charge on any atom is -0.496 e. The van der Waals surface area contributed by atoms with Gasteiger partial charge in [0.25, 0.3) is 0 Å². The van der Waals surface area contributed by atoms with Crippen molar-refractivity contribution in [2.24, 2.45) is 0 Å². The molecule has 0 radical (unpaired) electrons. The molecule has 4 unspecified atom stereocenters. The van der Waals surface area contributed by atoms with Crippen molar-refractivity contribution in [3.8, 4) is 5.75 Å². The predicted octanol–water partition coefficient (Wildman–Crippen LogP) is 4.01. The molecular formula is C14H19ClO2S2. The van der Waals surface area contributed by atoms with E-state index in [1.807, 2.05) is 29.6 Å². The highest BCUT2D eigenvalue weighted by Crippen LogP contribution is 2.43. The van der Waals surface area contributed by atoms with E-state index in [1.54, 1.807) is 19.2 Å². The Morgan fingerprint density at radius 1 is 1.37 bits per heavy atom. The summed E-state index contributed by atoms with van der Waals surface area (Å²) in [5.74, 6) is 1.65. The molecule has 1 fully saturated rings. The van der Waals surface area contributed by atoms with Gasteiger partial charge in [0.1, 0.15) is 5.75 Å². The van der Waals surface area contributed by atoms with Crippen molar-refractivity contribution < 1.29 is 9.84 Å². The number of hydrogen-bond acceptors (Lipinski definition) is 4. The molecule has 0 amide bonds. The van der Waals surface area contributed by atoms with Gasteiger partial charge >= 0.3 is 0 Å². The second-order valence-corrected chi connectivity index (χ2v) is 8.22. The first-order valence-electron chi connectivity index (χ1n) is 6.31. The summed E-state index contributed by atoms with van der Waals surface area (Å²) in [6, 6.07) is 5.40. The first-order valence-corrected chi connectivity index (χ1v) is 8.68. The second kappa shape index (κ2) is 6.61. The summed E-state index contributed by atoms with van der Waals surface area (Å²) < 4.78 is 5.33. The number of methoxy groups -OCH3 is 1. The van der Waals surface area contributed by atoms with Crippen LogP contribution in [0.4, 0.5) is 0 Å². The Hall–Kier alpha value is -0.0300. The largest absolute Gasteiger partial charge is 0.496 e. The quantitative estimate of drug-likeness (QED) is 0.912. The van der Waals surface area contributed by atoms with Crippen molar-refractivity contribution in [1.82, 2.24) is 0 Å². The number of aliphatic hydroxyl groups is 1. The summed E-state index contributed by atoms with van der Waals surface area (Å²) >= 11 is 9.80. The van der Waals surface area contributed by atoms with E-state index in [4.69, 9.17) is 16.3 Å². The van der Waals surface area contributed by atoms with Crippen LogP contribution in [-0.2, 0) is 0 Å². The lowest BCUT2D eigenvalue weighted by Gasteiger charge is -2.34. The Labute approximate surface area is 128 Å². The number of halogens is 1. The highest BCUT2D eigenvalue weighted by atomic mass is 35.5. The minimum atomic E-state index is -0.541. The van der Waals surface area contributed by atoms with Gasteiger partial charge in [-0.2, -0.15) is 23.5 Å². The molecule has 0 aliphatic carbocycles. The summed E-state index contributed by atoms with van der Waals surface area (Å²) in [5, 5.41) is 12.6. The topological polar surface area (TPSA) is 29.5 Å². The van der Waals surface area contributed by atoms with Crippen molar-refractivity contribution in [1.29, 1.82) is 0 Å². The van der Waals surface area contributed by atoms with Crippen LogP contribution < -0.4 is 4.74 Å². The highest BCUT2D eigenvalue weighted by Gasteiger charge is 2.32. The lowest BCUT2D eigenvalue weighted by atomic mass is 10.1. The van der Waals surface area contributed by atoms with Gasteiger partial charge in [0, 0.05) is 32.1 Å². The van der Waals surface area contributed by atoms with E-state index in [-0.39, 0.29) is 5.25 Å². The number of ether oxygens (including phenoxy) is 1. The number of thioether (sulfide) groups is 2. The molecule has 0 bridgehead atoms. The van der Waals surface area contributed by atoms with Crippen molar-refractivity contribution in [2.75, 3.05) is 12.9 Å². The number of aliphatic hydroxyl groups excluding tert-OH is 1. The van der Waals surface area contributed by atoms with Crippen LogP contribution in [0.2, 0.25) is 5.02 Å². The normalized spacial score (nSPS) is 29.0. The number of rotatable bonds is 3. The first kappa shape index (κ1) is 15.4. The van der Waals surface area contributed by atoms with Gasteiger partial charge in [0.2, 0.25) is 0 Å². The fraction of sp³-hybridized carbons (Fsp3) is 0.571. The van der Waals surface area contributed by atoms with Gasteiger partial charge in [0.05, 0.1) is 13.2 Å². The molecule has 19 heavy (non-hydrogen) atoms. The summed E-state index contributed by atoms with van der Waals surface area (Å²) in [7, 11) is 1.62. The van der Waals surface area contributed by atoms with Crippen molar-refractivity contribution in [2.45, 2.75) is 35.7 Å². The summed E-state index contributed by atoms with van der Waals surface area (Å²) in [6.07, 6.45) is -0.541. The van der Waals surface area contributed by atoms with Gasteiger partial charge in [-0.3, -0.25) is 0 Å². The molecule has 4 atom stereocenters. The highest BCUT2D eigenvalue weighted by molar-refractivity contribution is 8.07. The lowest BCUT2D eigenvalue weighted by Crippen LogP contribution is -2.30. The van der Waals surface area contributed by atoms with E-state index in [2.05, 4.69) is 13.8 Å². The van der Waals surface area contributed by atoms with Crippen LogP contribution in [0.15, 0.2) is 18.2 Å². The van der Waals surface area contributed by atoms with Crippen LogP contribution in [0.5, 0.6) is 5.75 Å². The molecule has 106 valence electrons. The molecule has 5 heteroatoms. The second-order valence-electron chi connectivity index (χ2n) is 4.75. The molecule has 1 aromatic rings. The zero-order valence-corrected chi connectivity index (χ0v) is 13.7. The first-order chi connectivity index (χ1) is 9.02. The van der Waals surface area contributed by atoms with E-state index < -0.39 is 6.10 Å². The van der Waals surface area contributed by atoms with Crippen LogP contribution in [0.3, 0.4) is 0 Å². The summed E-state index contributed by atoms with van der Waals surface area (Å²) in [4.78, 5) is 0. The van der Waals surface area contributed by atoms with E-state index in [1.165, 1.54) is 0 Å². The molecule has 1 aliphatic rings. The molecule has 2 rings (SSSR count). The third kappa shape index (κ3) is 3.54. The van der Waals surface area contributed by atoms with Crippen LogP contribution in [0.1, 0.15) is 25.5 Å². The summed E-state index contributed by atoms with van der Waals surface area (Å²) in [6.45, 7) is 4.46. The molecule has 1 heterocycles. The molecule has 0 aromatic heterocycles. The van der Waals surface area contributed by atoms with E-state index in [9.17, 15) is 5.11 Å². The molecule has 1 aliphatic heterocycles. The fourth-order valence-corrected chi connectivity index (χ4v) is 5.28. The van der Waals surface area contributed by atoms with Gasteiger partial charge in [-0.25, -0.2) is 0 Å². The van der Waals surface area contributed by atoms with Crippen molar-refractivity contribution in [3.63, 3.8) is 0 Å². The third-order valence-corrected chi connectivity index (χ3v) is 7.15. The molecule has 0 saturated carbocycles. The maximum Gasteiger partial charge on any atom is 0.124 e. The van der Waals surface area contributed by atoms with Crippen molar-refractivity contribution in [3.05, 3.63) is 28.8 Å². The van der Waals surface area contributed by atoms with Crippen LogP contribution in [0.25, 0.3) is 0 Å². The third-order valence-electron chi connectivity index (χ3n) is 3.44. The van der Waals surface area contributed by atoms with Crippen LogP contribution in [0, 0.1) is 0 Å². The van der Waals surface area contributed by atoms with Crippen LogP contribution >= 0.6 is 35.1 Å². The minimum absolute atomic E-state index is 0.184. The lowest BCUT2D eigenvalue weighted by molar-refractivity contribution is 0.175. The Morgan fingerprint density at radius 2 is 2.11 bits per heavy atom. The molecule has 2 nitrogen and oxygen atoms in total. The molecule has 1 saturated heterocycles. The van der Waals surface area contributed by atoms with E-state index in [0.717, 1.165) is 11.3 Å². The standard InChI is InChI=1S/C14H19ClO2S2/c1-8-9(2)19-13(7-18-8)14(16)11-6-10(15)4-5-12(11)17-3/h4-6,8-9,13-14,16H,7H2,1-3H3. The maximum absolute atomic E-state index is 10.6. The van der Waals surface area contributed by atoms with Gasteiger partial charge < -0.3 is 9.84 Å². The number of benzene rings is 1. The van der Waals surface area contributed by atoms with Gasteiger partial charge in [-0.05, 0) is 18.2 Å². The Kier molecular flexibility index (Phi) is 5.35. The monoisotopic (exact) mass is 318 g/mol. The predicted molar refractivity (Wildman–Crippen MR) is 85.7 cm³/mol. The van der Waals surface area contributed by atoms with Gasteiger partial charge in [0.15, 0.2) is 0 Å². The van der Waals surface area contributed by atoms with E-state index in [0.29, 0.717) is 21.3 Å². The van der Waals surface area contributed by atoms with Gasteiger partial charge in [-0.1, -0.05) is 25.4 Å². The average Bonchev–Trinajstić information content (AvgIpc) is 2.41. The zero-order chi connectivity index (χ0) is 14.0. The Bertz CT molecular complexity index is 441. The molecule has 1 N–H and O–H groups in total. The summed E-state index contributed by atoms with van der Waals surface area (Å²) in [5.41, 5.74) is 0.787. The fourth-order valence-electron chi connectivity index (χ4n) is 2.11. The van der Waals surface area contributed by atoms with E-state index >= 15 is 0 Å². The molecule has 0 spiro atoms. The molecular weight excluding hydrogens is 300 g/mol. The maximum atomic E-state index is 10.6. The van der Waals surface area contributed by atoms with Crippen LogP contribution in [-0.4, -0.2) is 33.7 Å². The zero-order valence-electron chi connectivity index (χ0n) is 11.3. The van der Waals surface area contributed by atoms with Gasteiger partial charge in [-0.15, -0.1) is 0 Å². The SMILES string of the molecule is COc1ccc(Cl)cc1C(O)C1CSC(C)C(C)S1. The Balaban J connectivity index is 2.19. The Morgan fingerprint density at radius 3 is 2.74 bits per heavy atom. The molecule has 1 aromatic carbocycles. The smallest absolute Gasteiger partial charge is 0.124 e. The average molecular weight is 319 g/mol. The number of hydrogen-bond donors (Lipinski definition) is 1. The van der Waals surface area contributed by atoms with Crippen molar-refractivity contribution >= 4 is 35.1 Å².